The van der Waals surface area contributed by atoms with Gasteiger partial charge in [-0.2, -0.15) is 0 Å². The number of fused-ring (bicyclic) bond motifs is 1. The Morgan fingerprint density at radius 3 is 2.59 bits per heavy atom. The van der Waals surface area contributed by atoms with Crippen molar-refractivity contribution in [2.45, 2.75) is 32.2 Å². The number of piperazine rings is 1. The quantitative estimate of drug-likeness (QED) is 0.884. The molecule has 2 heterocycles. The fraction of sp³-hybridized carbons (Fsp3) is 0.625. The first-order valence-electron chi connectivity index (χ1n) is 7.73. The maximum Gasteiger partial charge on any atom is 0.231 e. The fourth-order valence-electron chi connectivity index (χ4n) is 3.07. The predicted molar refractivity (Wildman–Crippen MR) is 93.8 cm³/mol. The van der Waals surface area contributed by atoms with Gasteiger partial charge in [-0.05, 0) is 24.1 Å². The van der Waals surface area contributed by atoms with Gasteiger partial charge in [0.05, 0.1) is 0 Å². The monoisotopic (exact) mass is 348 g/mol. The van der Waals surface area contributed by atoms with Crippen molar-refractivity contribution in [1.82, 2.24) is 10.2 Å². The molecule has 0 unspecified atom stereocenters. The molecule has 1 saturated heterocycles. The lowest BCUT2D eigenvalue weighted by atomic mass is 9.98. The number of halogens is 2. The summed E-state index contributed by atoms with van der Waals surface area (Å²) in [5.74, 6) is 1.78. The number of hydrogen-bond donors (Lipinski definition) is 1. The molecule has 0 spiro atoms. The van der Waals surface area contributed by atoms with E-state index in [4.69, 9.17) is 9.47 Å². The minimum absolute atomic E-state index is 0. The van der Waals surface area contributed by atoms with Crippen LogP contribution < -0.4 is 14.8 Å². The number of hydrogen-bond acceptors (Lipinski definition) is 4. The van der Waals surface area contributed by atoms with Crippen LogP contribution in [-0.2, 0) is 0 Å². The second kappa shape index (κ2) is 9.46. The molecule has 22 heavy (non-hydrogen) atoms. The van der Waals surface area contributed by atoms with Crippen molar-refractivity contribution in [1.29, 1.82) is 0 Å². The van der Waals surface area contributed by atoms with E-state index in [1.807, 2.05) is 0 Å². The van der Waals surface area contributed by atoms with Crippen LogP contribution in [0.5, 0.6) is 11.5 Å². The number of unbranched alkanes of at least 4 members (excludes halogenated alkanes) is 1. The lowest BCUT2D eigenvalue weighted by Crippen LogP contribution is -2.45. The molecule has 2 aliphatic rings. The molecule has 1 aromatic rings. The number of rotatable bonds is 5. The van der Waals surface area contributed by atoms with Gasteiger partial charge in [0, 0.05) is 32.2 Å². The largest absolute Gasteiger partial charge is 0.454 e. The normalized spacial score (nSPS) is 18.2. The molecule has 0 saturated carbocycles. The molecule has 3 rings (SSSR count). The summed E-state index contributed by atoms with van der Waals surface area (Å²) in [5.41, 5.74) is 1.37. The zero-order chi connectivity index (χ0) is 13.8. The Bertz CT molecular complexity index is 454. The summed E-state index contributed by atoms with van der Waals surface area (Å²) in [4.78, 5) is 2.60. The molecule has 1 aromatic carbocycles. The number of benzene rings is 1. The van der Waals surface area contributed by atoms with Crippen molar-refractivity contribution in [3.05, 3.63) is 23.8 Å². The average molecular weight is 349 g/mol. The Balaban J connectivity index is 0.00000121. The van der Waals surface area contributed by atoms with Crippen molar-refractivity contribution in [3.63, 3.8) is 0 Å². The zero-order valence-electron chi connectivity index (χ0n) is 13.0. The van der Waals surface area contributed by atoms with Gasteiger partial charge in [0.25, 0.3) is 0 Å². The number of ether oxygens (including phenoxy) is 2. The molecule has 1 atom stereocenters. The molecule has 1 fully saturated rings. The van der Waals surface area contributed by atoms with Crippen LogP contribution in [0.2, 0.25) is 0 Å². The first kappa shape index (κ1) is 19.4. The molecule has 0 bridgehead atoms. The lowest BCUT2D eigenvalue weighted by molar-refractivity contribution is 0.162. The van der Waals surface area contributed by atoms with Crippen LogP contribution >= 0.6 is 24.8 Å². The maximum absolute atomic E-state index is 5.53. The summed E-state index contributed by atoms with van der Waals surface area (Å²) < 4.78 is 10.9. The second-order valence-electron chi connectivity index (χ2n) is 5.56. The van der Waals surface area contributed by atoms with Crippen LogP contribution in [-0.4, -0.2) is 37.9 Å². The highest BCUT2D eigenvalue weighted by atomic mass is 35.5. The summed E-state index contributed by atoms with van der Waals surface area (Å²) in [6.07, 6.45) is 3.73. The van der Waals surface area contributed by atoms with E-state index in [9.17, 15) is 0 Å². The molecule has 4 nitrogen and oxygen atoms in total. The summed E-state index contributed by atoms with van der Waals surface area (Å²) in [5, 5.41) is 3.43. The Hall–Kier alpha value is -0.680. The van der Waals surface area contributed by atoms with Gasteiger partial charge in [-0.1, -0.05) is 25.8 Å². The topological polar surface area (TPSA) is 33.7 Å². The fourth-order valence-corrected chi connectivity index (χ4v) is 3.07. The molecule has 0 amide bonds. The van der Waals surface area contributed by atoms with Gasteiger partial charge in [-0.3, -0.25) is 4.90 Å². The van der Waals surface area contributed by atoms with Crippen molar-refractivity contribution in [2.75, 3.05) is 33.0 Å². The highest BCUT2D eigenvalue weighted by Crippen LogP contribution is 2.36. The third-order valence-electron chi connectivity index (χ3n) is 4.20. The third kappa shape index (κ3) is 4.42. The van der Waals surface area contributed by atoms with Crippen LogP contribution in [0.3, 0.4) is 0 Å². The Kier molecular flexibility index (Phi) is 8.33. The van der Waals surface area contributed by atoms with E-state index in [0.717, 1.165) is 37.7 Å². The smallest absolute Gasteiger partial charge is 0.231 e. The van der Waals surface area contributed by atoms with Gasteiger partial charge in [0.2, 0.25) is 6.79 Å². The Morgan fingerprint density at radius 1 is 1.14 bits per heavy atom. The summed E-state index contributed by atoms with van der Waals surface area (Å²) >= 11 is 0. The Morgan fingerprint density at radius 2 is 1.86 bits per heavy atom. The van der Waals surface area contributed by atoms with Crippen LogP contribution in [0.4, 0.5) is 0 Å². The number of nitrogens with zero attached hydrogens (tertiary/aromatic N) is 1. The van der Waals surface area contributed by atoms with E-state index < -0.39 is 0 Å². The van der Waals surface area contributed by atoms with E-state index in [-0.39, 0.29) is 24.8 Å². The zero-order valence-corrected chi connectivity index (χ0v) is 14.7. The molecule has 0 aliphatic carbocycles. The van der Waals surface area contributed by atoms with Gasteiger partial charge in [-0.15, -0.1) is 24.8 Å². The van der Waals surface area contributed by atoms with E-state index in [1.54, 1.807) is 0 Å². The van der Waals surface area contributed by atoms with E-state index >= 15 is 0 Å². The SMILES string of the molecule is CCCC[C@@H](c1ccc2c(c1)OCO2)N1CCNCC1.Cl.Cl. The first-order chi connectivity index (χ1) is 9.88. The molecule has 0 radical (unpaired) electrons. The standard InChI is InChI=1S/C16H24N2O2.2ClH/c1-2-3-4-14(18-9-7-17-8-10-18)13-5-6-15-16(11-13)20-12-19-15;;/h5-6,11,14,17H,2-4,7-10,12H2,1H3;2*1H/t14-;;/m0../s1. The van der Waals surface area contributed by atoms with Crippen molar-refractivity contribution in [3.8, 4) is 11.5 Å². The maximum atomic E-state index is 5.53. The van der Waals surface area contributed by atoms with Crippen molar-refractivity contribution >= 4 is 24.8 Å². The van der Waals surface area contributed by atoms with E-state index in [0.29, 0.717) is 12.8 Å². The summed E-state index contributed by atoms with van der Waals surface area (Å²) in [7, 11) is 0. The molecular weight excluding hydrogens is 323 g/mol. The molecule has 1 N–H and O–H groups in total. The minimum atomic E-state index is 0. The van der Waals surface area contributed by atoms with E-state index in [2.05, 4.69) is 35.3 Å². The van der Waals surface area contributed by atoms with Crippen LogP contribution in [0.25, 0.3) is 0 Å². The third-order valence-corrected chi connectivity index (χ3v) is 4.20. The van der Waals surface area contributed by atoms with Crippen LogP contribution in [0, 0.1) is 0 Å². The van der Waals surface area contributed by atoms with Gasteiger partial charge in [-0.25, -0.2) is 0 Å². The highest BCUT2D eigenvalue weighted by molar-refractivity contribution is 5.85. The van der Waals surface area contributed by atoms with Crippen molar-refractivity contribution < 1.29 is 9.47 Å². The number of nitrogens with one attached hydrogen (secondary N) is 1. The van der Waals surface area contributed by atoms with Gasteiger partial charge in [0.15, 0.2) is 11.5 Å². The summed E-state index contributed by atoms with van der Waals surface area (Å²) in [6, 6.07) is 6.94. The highest BCUT2D eigenvalue weighted by Gasteiger charge is 2.24. The van der Waals surface area contributed by atoms with E-state index in [1.165, 1.54) is 24.8 Å². The predicted octanol–water partition coefficient (Wildman–Crippen LogP) is 3.40. The second-order valence-corrected chi connectivity index (χ2v) is 5.56. The van der Waals surface area contributed by atoms with Crippen molar-refractivity contribution in [2.24, 2.45) is 0 Å². The molecule has 2 aliphatic heterocycles. The minimum Gasteiger partial charge on any atom is -0.454 e. The van der Waals surface area contributed by atoms with Gasteiger partial charge >= 0.3 is 0 Å². The Labute approximate surface area is 145 Å². The molecule has 0 aromatic heterocycles. The van der Waals surface area contributed by atoms with Gasteiger partial charge in [0.1, 0.15) is 0 Å². The van der Waals surface area contributed by atoms with Gasteiger partial charge < -0.3 is 14.8 Å². The lowest BCUT2D eigenvalue weighted by Gasteiger charge is -2.35. The molecule has 6 heteroatoms. The van der Waals surface area contributed by atoms with Crippen LogP contribution in [0.1, 0.15) is 37.8 Å². The summed E-state index contributed by atoms with van der Waals surface area (Å²) in [6.45, 7) is 7.05. The molecular formula is C16H26Cl2N2O2. The average Bonchev–Trinajstić information content (AvgIpc) is 2.96. The first-order valence-corrected chi connectivity index (χ1v) is 7.73. The van der Waals surface area contributed by atoms with Crippen LogP contribution in [0.15, 0.2) is 18.2 Å². The molecule has 126 valence electrons.